The van der Waals surface area contributed by atoms with E-state index in [1.54, 1.807) is 0 Å². The van der Waals surface area contributed by atoms with Crippen molar-refractivity contribution in [2.45, 2.75) is 66.8 Å². The van der Waals surface area contributed by atoms with Gasteiger partial charge in [0, 0.05) is 43.3 Å². The first-order valence-corrected chi connectivity index (χ1v) is 12.3. The number of anilines is 2. The van der Waals surface area contributed by atoms with Crippen molar-refractivity contribution >= 4 is 28.9 Å². The van der Waals surface area contributed by atoms with E-state index in [4.69, 9.17) is 11.6 Å². The molecule has 32 heavy (non-hydrogen) atoms. The molecule has 0 spiro atoms. The van der Waals surface area contributed by atoms with Gasteiger partial charge < -0.3 is 15.1 Å². The van der Waals surface area contributed by atoms with Gasteiger partial charge in [-0.25, -0.2) is 0 Å². The van der Waals surface area contributed by atoms with Gasteiger partial charge in [-0.1, -0.05) is 36.2 Å². The third-order valence-electron chi connectivity index (χ3n) is 6.33. The molecule has 5 heteroatoms. The molecule has 174 valence electrons. The number of hydrogen-bond donors (Lipinski definition) is 1. The van der Waals surface area contributed by atoms with Crippen molar-refractivity contribution in [2.24, 2.45) is 0 Å². The quantitative estimate of drug-likeness (QED) is 0.376. The highest BCUT2D eigenvalue weighted by Gasteiger charge is 2.25. The Morgan fingerprint density at radius 1 is 0.844 bits per heavy atom. The summed E-state index contributed by atoms with van der Waals surface area (Å²) in [5.74, 6) is 0.795. The molecular formula is C27H38ClN3O. The van der Waals surface area contributed by atoms with E-state index < -0.39 is 0 Å². The van der Waals surface area contributed by atoms with Crippen molar-refractivity contribution in [3.8, 4) is 0 Å². The van der Waals surface area contributed by atoms with Crippen molar-refractivity contribution in [1.29, 1.82) is 0 Å². The Bertz CT molecular complexity index is 910. The van der Waals surface area contributed by atoms with Crippen LogP contribution in [0, 0.1) is 34.6 Å². The van der Waals surface area contributed by atoms with Gasteiger partial charge in [-0.2, -0.15) is 0 Å². The first-order chi connectivity index (χ1) is 15.3. The lowest BCUT2D eigenvalue weighted by Gasteiger charge is -2.27. The number of benzene rings is 2. The number of hydrogen-bond acceptors (Lipinski definition) is 3. The number of alkyl halides is 1. The Morgan fingerprint density at radius 3 is 1.91 bits per heavy atom. The van der Waals surface area contributed by atoms with E-state index in [0.29, 0.717) is 18.8 Å². The van der Waals surface area contributed by atoms with Crippen molar-refractivity contribution in [3.05, 3.63) is 57.6 Å². The number of amides is 1. The van der Waals surface area contributed by atoms with Crippen LogP contribution < -0.4 is 15.1 Å². The van der Waals surface area contributed by atoms with E-state index in [1.165, 1.54) is 44.8 Å². The van der Waals surface area contributed by atoms with E-state index in [-0.39, 0.29) is 5.91 Å². The van der Waals surface area contributed by atoms with E-state index >= 15 is 0 Å². The summed E-state index contributed by atoms with van der Waals surface area (Å²) < 4.78 is 0. The van der Waals surface area contributed by atoms with Gasteiger partial charge in [0.15, 0.2) is 0 Å². The zero-order chi connectivity index (χ0) is 23.3. The van der Waals surface area contributed by atoms with Gasteiger partial charge in [-0.05, 0) is 75.3 Å². The number of carbonyl (C=O) groups is 1. The summed E-state index contributed by atoms with van der Waals surface area (Å²) in [5, 5.41) is 3.07. The van der Waals surface area contributed by atoms with Gasteiger partial charge in [-0.3, -0.25) is 4.79 Å². The zero-order valence-corrected chi connectivity index (χ0v) is 21.1. The normalized spacial score (nSPS) is 13.7. The lowest BCUT2D eigenvalue weighted by atomic mass is 10.0. The number of carbonyl (C=O) groups excluding carboxylic acids is 1. The Labute approximate surface area is 198 Å². The van der Waals surface area contributed by atoms with Crippen LogP contribution in [0.25, 0.3) is 0 Å². The largest absolute Gasteiger partial charge is 0.352 e. The Kier molecular flexibility index (Phi) is 8.47. The molecular weight excluding hydrogens is 418 g/mol. The Hall–Kier alpha value is -2.20. The second kappa shape index (κ2) is 11.1. The third-order valence-corrected chi connectivity index (χ3v) is 6.59. The number of halogens is 1. The number of aryl methyl sites for hydroxylation is 5. The molecule has 2 aromatic carbocycles. The van der Waals surface area contributed by atoms with Gasteiger partial charge in [-0.15, -0.1) is 11.6 Å². The maximum Gasteiger partial charge on any atom is 0.220 e. The van der Waals surface area contributed by atoms with Crippen LogP contribution in [-0.2, 0) is 11.3 Å². The molecule has 1 saturated heterocycles. The number of rotatable bonds is 9. The molecule has 1 N–H and O–H groups in total. The molecule has 0 saturated carbocycles. The van der Waals surface area contributed by atoms with Crippen LogP contribution in [0.5, 0.6) is 0 Å². The highest BCUT2D eigenvalue weighted by atomic mass is 35.5. The van der Waals surface area contributed by atoms with Gasteiger partial charge in [0.1, 0.15) is 0 Å². The van der Waals surface area contributed by atoms with E-state index in [9.17, 15) is 4.79 Å². The van der Waals surface area contributed by atoms with Gasteiger partial charge >= 0.3 is 0 Å². The molecule has 1 aliphatic heterocycles. The van der Waals surface area contributed by atoms with Gasteiger partial charge in [0.05, 0.1) is 6.67 Å². The standard InChI is InChI=1S/C27H38ClN3O/c1-19-13-20(2)26(21(3)14-19)30-11-12-31(18-30)27-22(4)15-24(16-23(27)5)17-29-25(32)9-7-6-8-10-28/h13-16H,6-12,17-18H2,1-5H3,(H,29,32). The molecule has 1 amide bonds. The molecule has 0 atom stereocenters. The average molecular weight is 456 g/mol. The molecule has 0 radical (unpaired) electrons. The smallest absolute Gasteiger partial charge is 0.220 e. The molecule has 0 aliphatic carbocycles. The molecule has 2 aromatic rings. The van der Waals surface area contributed by atoms with Crippen LogP contribution in [0.3, 0.4) is 0 Å². The lowest BCUT2D eigenvalue weighted by Crippen LogP contribution is -2.27. The zero-order valence-electron chi connectivity index (χ0n) is 20.4. The van der Waals surface area contributed by atoms with E-state index in [2.05, 4.69) is 74.0 Å². The molecule has 0 unspecified atom stereocenters. The summed E-state index contributed by atoms with van der Waals surface area (Å²) in [7, 11) is 0. The average Bonchev–Trinajstić information content (AvgIpc) is 3.17. The molecule has 1 heterocycles. The topological polar surface area (TPSA) is 35.6 Å². The minimum atomic E-state index is 0.123. The Balaban J connectivity index is 1.64. The molecule has 3 rings (SSSR count). The highest BCUT2D eigenvalue weighted by Crippen LogP contribution is 2.33. The monoisotopic (exact) mass is 455 g/mol. The van der Waals surface area contributed by atoms with Crippen molar-refractivity contribution in [1.82, 2.24) is 5.32 Å². The van der Waals surface area contributed by atoms with Gasteiger partial charge in [0.2, 0.25) is 5.91 Å². The summed E-state index contributed by atoms with van der Waals surface area (Å²) in [6.45, 7) is 14.5. The van der Waals surface area contributed by atoms with Crippen molar-refractivity contribution < 1.29 is 4.79 Å². The fraction of sp³-hybridized carbons (Fsp3) is 0.519. The number of nitrogens with zero attached hydrogens (tertiary/aromatic N) is 2. The summed E-state index contributed by atoms with van der Waals surface area (Å²) in [5.41, 5.74) is 10.4. The van der Waals surface area contributed by atoms with Crippen LogP contribution in [0.15, 0.2) is 24.3 Å². The fourth-order valence-electron chi connectivity index (χ4n) is 5.12. The first kappa shape index (κ1) is 24.4. The number of unbranched alkanes of at least 4 members (excludes halogenated alkanes) is 2. The predicted molar refractivity (Wildman–Crippen MR) is 137 cm³/mol. The van der Waals surface area contributed by atoms with Crippen LogP contribution in [0.2, 0.25) is 0 Å². The van der Waals surface area contributed by atoms with Gasteiger partial charge in [0.25, 0.3) is 0 Å². The summed E-state index contributed by atoms with van der Waals surface area (Å²) in [6, 6.07) is 9.01. The summed E-state index contributed by atoms with van der Waals surface area (Å²) in [6.07, 6.45) is 3.47. The molecule has 1 fully saturated rings. The summed E-state index contributed by atoms with van der Waals surface area (Å²) in [4.78, 5) is 17.1. The first-order valence-electron chi connectivity index (χ1n) is 11.8. The third kappa shape index (κ3) is 5.98. The molecule has 0 bridgehead atoms. The fourth-order valence-corrected chi connectivity index (χ4v) is 5.31. The maximum absolute atomic E-state index is 12.1. The van der Waals surface area contributed by atoms with E-state index in [0.717, 1.165) is 39.0 Å². The Morgan fingerprint density at radius 2 is 1.38 bits per heavy atom. The van der Waals surface area contributed by atoms with Crippen molar-refractivity contribution in [2.75, 3.05) is 35.4 Å². The predicted octanol–water partition coefficient (Wildman–Crippen LogP) is 5.93. The lowest BCUT2D eigenvalue weighted by molar-refractivity contribution is -0.121. The second-order valence-corrected chi connectivity index (χ2v) is 9.65. The van der Waals surface area contributed by atoms with Crippen LogP contribution >= 0.6 is 11.6 Å². The van der Waals surface area contributed by atoms with Crippen molar-refractivity contribution in [3.63, 3.8) is 0 Å². The minimum Gasteiger partial charge on any atom is -0.352 e. The van der Waals surface area contributed by atoms with E-state index in [1.807, 2.05) is 0 Å². The minimum absolute atomic E-state index is 0.123. The molecule has 0 aromatic heterocycles. The van der Waals surface area contributed by atoms with Crippen LogP contribution in [0.1, 0.15) is 59.1 Å². The summed E-state index contributed by atoms with van der Waals surface area (Å²) >= 11 is 5.70. The number of nitrogens with one attached hydrogen (secondary N) is 1. The van der Waals surface area contributed by atoms with Crippen LogP contribution in [0.4, 0.5) is 11.4 Å². The molecule has 4 nitrogen and oxygen atoms in total. The SMILES string of the molecule is Cc1cc(C)c(N2CCN(c3c(C)cc(CNC(=O)CCCCCCl)cc3C)C2)c(C)c1. The molecule has 1 aliphatic rings. The second-order valence-electron chi connectivity index (χ2n) is 9.27. The van der Waals surface area contributed by atoms with Crippen LogP contribution in [-0.4, -0.2) is 31.5 Å². The highest BCUT2D eigenvalue weighted by molar-refractivity contribution is 6.17. The maximum atomic E-state index is 12.1.